The van der Waals surface area contributed by atoms with Gasteiger partial charge in [-0.25, -0.2) is 4.79 Å². The average molecular weight is 319 g/mol. The molecule has 0 radical (unpaired) electrons. The lowest BCUT2D eigenvalue weighted by atomic mass is 10.0. The van der Waals surface area contributed by atoms with Crippen molar-refractivity contribution < 1.29 is 9.53 Å². The van der Waals surface area contributed by atoms with Gasteiger partial charge in [-0.3, -0.25) is 0 Å². The molecule has 1 aromatic rings. The van der Waals surface area contributed by atoms with E-state index < -0.39 is 5.60 Å². The monoisotopic (exact) mass is 319 g/mol. The van der Waals surface area contributed by atoms with Gasteiger partial charge in [-0.15, -0.1) is 11.8 Å². The van der Waals surface area contributed by atoms with Gasteiger partial charge in [-0.05, 0) is 58.6 Å². The predicted molar refractivity (Wildman–Crippen MR) is 90.2 cm³/mol. The van der Waals surface area contributed by atoms with Gasteiger partial charge in [0.1, 0.15) is 5.60 Å². The number of thioether (sulfide) groups is 1. The summed E-state index contributed by atoms with van der Waals surface area (Å²) in [5, 5.41) is 0.610. The van der Waals surface area contributed by atoms with Crippen molar-refractivity contribution in [2.75, 3.05) is 0 Å². The molecular formula is C18H25NO2S. The van der Waals surface area contributed by atoms with Gasteiger partial charge in [0.15, 0.2) is 0 Å². The van der Waals surface area contributed by atoms with E-state index in [4.69, 9.17) is 4.74 Å². The third-order valence-electron chi connectivity index (χ3n) is 4.34. The molecule has 2 heterocycles. The molecule has 0 spiro atoms. The normalized spacial score (nSPS) is 27.8. The summed E-state index contributed by atoms with van der Waals surface area (Å²) in [5.74, 6) is 0. The number of benzene rings is 1. The highest BCUT2D eigenvalue weighted by Gasteiger charge is 2.44. The Labute approximate surface area is 137 Å². The van der Waals surface area contributed by atoms with Crippen LogP contribution in [-0.4, -0.2) is 33.9 Å². The predicted octanol–water partition coefficient (Wildman–Crippen LogP) is 4.71. The molecule has 2 fully saturated rings. The number of piperidine rings is 1. The standard InChI is InChI=1S/C18H25NO2S/c1-18(2,3)21-17(20)19-13-9-10-14(19)12-16(11-13)22-15-7-5-4-6-8-15/h4-8,13-14,16H,9-12H2,1-3H3. The molecule has 2 atom stereocenters. The molecule has 2 saturated heterocycles. The maximum absolute atomic E-state index is 12.4. The van der Waals surface area contributed by atoms with E-state index in [1.165, 1.54) is 4.90 Å². The molecule has 3 nitrogen and oxygen atoms in total. The van der Waals surface area contributed by atoms with Crippen molar-refractivity contribution in [3.8, 4) is 0 Å². The third kappa shape index (κ3) is 3.60. The lowest BCUT2D eigenvalue weighted by molar-refractivity contribution is 0.00842. The number of carbonyl (C=O) groups is 1. The molecule has 1 amide bonds. The molecule has 2 bridgehead atoms. The molecule has 4 heteroatoms. The maximum atomic E-state index is 12.4. The van der Waals surface area contributed by atoms with Crippen LogP contribution in [0.25, 0.3) is 0 Å². The van der Waals surface area contributed by atoms with Crippen LogP contribution in [0.4, 0.5) is 4.79 Å². The summed E-state index contributed by atoms with van der Waals surface area (Å²) in [4.78, 5) is 15.8. The lowest BCUT2D eigenvalue weighted by Gasteiger charge is -2.39. The molecule has 2 unspecified atom stereocenters. The van der Waals surface area contributed by atoms with Crippen molar-refractivity contribution in [3.63, 3.8) is 0 Å². The zero-order valence-electron chi connectivity index (χ0n) is 13.6. The minimum atomic E-state index is -0.411. The summed E-state index contributed by atoms with van der Waals surface area (Å²) < 4.78 is 5.59. The van der Waals surface area contributed by atoms with Crippen molar-refractivity contribution in [3.05, 3.63) is 30.3 Å². The van der Waals surface area contributed by atoms with Gasteiger partial charge in [-0.1, -0.05) is 18.2 Å². The van der Waals surface area contributed by atoms with E-state index in [1.807, 2.05) is 37.4 Å². The number of rotatable bonds is 2. The largest absolute Gasteiger partial charge is 0.444 e. The van der Waals surface area contributed by atoms with E-state index in [0.29, 0.717) is 17.3 Å². The van der Waals surface area contributed by atoms with Gasteiger partial charge in [-0.2, -0.15) is 0 Å². The van der Waals surface area contributed by atoms with Crippen LogP contribution < -0.4 is 0 Å². The van der Waals surface area contributed by atoms with Crippen molar-refractivity contribution in [2.45, 2.75) is 74.3 Å². The van der Waals surface area contributed by atoms with E-state index in [9.17, 15) is 4.79 Å². The van der Waals surface area contributed by atoms with Crippen LogP contribution in [0.5, 0.6) is 0 Å². The quantitative estimate of drug-likeness (QED) is 0.790. The summed E-state index contributed by atoms with van der Waals surface area (Å²) in [7, 11) is 0. The van der Waals surface area contributed by atoms with Crippen LogP contribution in [0.1, 0.15) is 46.5 Å². The molecule has 3 rings (SSSR count). The maximum Gasteiger partial charge on any atom is 0.410 e. The molecule has 1 aromatic carbocycles. The molecule has 2 aliphatic heterocycles. The number of fused-ring (bicyclic) bond motifs is 2. The topological polar surface area (TPSA) is 29.5 Å². The first-order chi connectivity index (χ1) is 10.4. The summed E-state index contributed by atoms with van der Waals surface area (Å²) in [6.07, 6.45) is 4.28. The Morgan fingerprint density at radius 1 is 1.14 bits per heavy atom. The second-order valence-corrected chi connectivity index (χ2v) is 8.67. The fourth-order valence-corrected chi connectivity index (χ4v) is 4.86. The molecule has 2 aliphatic rings. The van der Waals surface area contributed by atoms with Gasteiger partial charge in [0, 0.05) is 22.2 Å². The summed E-state index contributed by atoms with van der Waals surface area (Å²) >= 11 is 1.96. The Bertz CT molecular complexity index is 512. The Kier molecular flexibility index (Phi) is 4.40. The molecule has 120 valence electrons. The van der Waals surface area contributed by atoms with Gasteiger partial charge in [0.25, 0.3) is 0 Å². The van der Waals surface area contributed by atoms with Gasteiger partial charge < -0.3 is 9.64 Å². The SMILES string of the molecule is CC(C)(C)OC(=O)N1C2CCC1CC(Sc1ccccc1)C2. The molecular weight excluding hydrogens is 294 g/mol. The van der Waals surface area contributed by atoms with Crippen LogP contribution in [0, 0.1) is 0 Å². The van der Waals surface area contributed by atoms with Crippen molar-refractivity contribution in [1.29, 1.82) is 0 Å². The van der Waals surface area contributed by atoms with E-state index in [-0.39, 0.29) is 6.09 Å². The molecule has 0 saturated carbocycles. The first kappa shape index (κ1) is 15.7. The Balaban J connectivity index is 1.63. The number of nitrogens with zero attached hydrogens (tertiary/aromatic N) is 1. The van der Waals surface area contributed by atoms with Gasteiger partial charge in [0.05, 0.1) is 0 Å². The van der Waals surface area contributed by atoms with Crippen LogP contribution in [0.3, 0.4) is 0 Å². The second kappa shape index (κ2) is 6.15. The first-order valence-corrected chi connectivity index (χ1v) is 9.03. The first-order valence-electron chi connectivity index (χ1n) is 8.15. The highest BCUT2D eigenvalue weighted by atomic mass is 32.2. The highest BCUT2D eigenvalue weighted by molar-refractivity contribution is 8.00. The van der Waals surface area contributed by atoms with Crippen molar-refractivity contribution >= 4 is 17.9 Å². The summed E-state index contributed by atoms with van der Waals surface area (Å²) in [5.41, 5.74) is -0.411. The molecule has 22 heavy (non-hydrogen) atoms. The van der Waals surface area contributed by atoms with E-state index in [2.05, 4.69) is 30.3 Å². The van der Waals surface area contributed by atoms with E-state index in [0.717, 1.165) is 25.7 Å². The molecule has 0 aromatic heterocycles. The van der Waals surface area contributed by atoms with Crippen molar-refractivity contribution in [2.24, 2.45) is 0 Å². The highest BCUT2D eigenvalue weighted by Crippen LogP contribution is 2.42. The lowest BCUT2D eigenvalue weighted by Crippen LogP contribution is -2.49. The van der Waals surface area contributed by atoms with Crippen LogP contribution in [0.15, 0.2) is 35.2 Å². The Hall–Kier alpha value is -1.16. The summed E-state index contributed by atoms with van der Waals surface area (Å²) in [6.45, 7) is 5.81. The number of ether oxygens (including phenoxy) is 1. The van der Waals surface area contributed by atoms with Gasteiger partial charge in [0.2, 0.25) is 0 Å². The fraction of sp³-hybridized carbons (Fsp3) is 0.611. The van der Waals surface area contributed by atoms with Gasteiger partial charge >= 0.3 is 6.09 Å². The third-order valence-corrected chi connectivity index (χ3v) is 5.60. The molecule has 0 N–H and O–H groups in total. The Morgan fingerprint density at radius 3 is 2.27 bits per heavy atom. The van der Waals surface area contributed by atoms with Crippen LogP contribution >= 0.6 is 11.8 Å². The fourth-order valence-electron chi connectivity index (χ4n) is 3.53. The van der Waals surface area contributed by atoms with E-state index in [1.54, 1.807) is 0 Å². The minimum absolute atomic E-state index is 0.122. The second-order valence-electron chi connectivity index (χ2n) is 7.30. The molecule has 0 aliphatic carbocycles. The van der Waals surface area contributed by atoms with E-state index >= 15 is 0 Å². The average Bonchev–Trinajstić information content (AvgIpc) is 2.70. The number of carbonyl (C=O) groups excluding carboxylic acids is 1. The smallest absolute Gasteiger partial charge is 0.410 e. The zero-order chi connectivity index (χ0) is 15.7. The number of amides is 1. The Morgan fingerprint density at radius 2 is 1.73 bits per heavy atom. The zero-order valence-corrected chi connectivity index (χ0v) is 14.4. The summed E-state index contributed by atoms with van der Waals surface area (Å²) in [6, 6.07) is 11.3. The van der Waals surface area contributed by atoms with Crippen molar-refractivity contribution in [1.82, 2.24) is 4.90 Å². The number of hydrogen-bond acceptors (Lipinski definition) is 3. The number of hydrogen-bond donors (Lipinski definition) is 0. The van der Waals surface area contributed by atoms with Crippen LogP contribution in [-0.2, 0) is 4.74 Å². The minimum Gasteiger partial charge on any atom is -0.444 e. The van der Waals surface area contributed by atoms with Crippen LogP contribution in [0.2, 0.25) is 0 Å².